The molecule has 5 nitrogen and oxygen atoms in total. The summed E-state index contributed by atoms with van der Waals surface area (Å²) in [5.41, 5.74) is -4.83. The second-order valence-electron chi connectivity index (χ2n) is 3.93. The lowest BCUT2D eigenvalue weighted by Crippen LogP contribution is -2.48. The summed E-state index contributed by atoms with van der Waals surface area (Å²) < 4.78 is 50.6. The quantitative estimate of drug-likeness (QED) is 0.529. The lowest BCUT2D eigenvalue weighted by molar-refractivity contribution is -0.352. The van der Waals surface area contributed by atoms with Gasteiger partial charge >= 0.3 is 12.1 Å². The molecular weight excluding hydrogens is 262 g/mol. The van der Waals surface area contributed by atoms with Crippen LogP contribution in [-0.4, -0.2) is 38.4 Å². The van der Waals surface area contributed by atoms with Gasteiger partial charge in [0.25, 0.3) is 0 Å². The summed E-state index contributed by atoms with van der Waals surface area (Å²) in [6.45, 7) is 0.838. The molecule has 0 fully saturated rings. The molecule has 1 aliphatic rings. The summed E-state index contributed by atoms with van der Waals surface area (Å²) in [6.07, 6.45) is -6.12. The van der Waals surface area contributed by atoms with E-state index in [1.165, 1.54) is 0 Å². The van der Waals surface area contributed by atoms with Crippen molar-refractivity contribution < 1.29 is 37.9 Å². The molecule has 9 heteroatoms. The minimum Gasteiger partial charge on any atom is -0.478 e. The third-order valence-corrected chi connectivity index (χ3v) is 2.67. The number of rotatable bonds is 2. The number of carboxylic acids is 1. The monoisotopic (exact) mass is 271 g/mol. The fraction of sp³-hybridized carbons (Fsp3) is 0.444. The van der Waals surface area contributed by atoms with Gasteiger partial charge in [0.2, 0.25) is 0 Å². The number of allylic oxidation sites excluding steroid dienone is 2. The molecule has 0 aromatic rings. The van der Waals surface area contributed by atoms with Crippen LogP contribution in [0.2, 0.25) is 0 Å². The fourth-order valence-corrected chi connectivity index (χ4v) is 1.60. The highest BCUT2D eigenvalue weighted by Gasteiger charge is 2.49. The fourth-order valence-electron chi connectivity index (χ4n) is 1.60. The Balaban J connectivity index is 3.40. The van der Waals surface area contributed by atoms with Crippen molar-refractivity contribution in [3.63, 3.8) is 0 Å². The smallest absolute Gasteiger partial charge is 0.415 e. The number of nitrogens with zero attached hydrogens (tertiary/aromatic N) is 1. The Labute approximate surface area is 98.1 Å². The number of hydrogen-bond donors (Lipinski definition) is 3. The molecule has 18 heavy (non-hydrogen) atoms. The van der Waals surface area contributed by atoms with Gasteiger partial charge in [-0.05, 0) is 13.0 Å². The highest BCUT2D eigenvalue weighted by atomic mass is 19.4. The first-order valence-electron chi connectivity index (χ1n) is 4.59. The molecule has 0 saturated carbocycles. The topological polar surface area (TPSA) is 81.0 Å². The third-order valence-electron chi connectivity index (χ3n) is 2.67. The molecule has 1 aliphatic carbocycles. The molecule has 0 aromatic carbocycles. The van der Waals surface area contributed by atoms with Gasteiger partial charge in [-0.25, -0.2) is 9.18 Å². The van der Waals surface area contributed by atoms with Crippen molar-refractivity contribution in [1.29, 1.82) is 0 Å². The van der Waals surface area contributed by atoms with Crippen LogP contribution in [0.3, 0.4) is 0 Å². The van der Waals surface area contributed by atoms with Crippen molar-refractivity contribution in [1.82, 2.24) is 5.23 Å². The summed E-state index contributed by atoms with van der Waals surface area (Å²) in [5.74, 6) is -3.50. The van der Waals surface area contributed by atoms with Crippen LogP contribution >= 0.6 is 0 Å². The van der Waals surface area contributed by atoms with Crippen molar-refractivity contribution in [3.8, 4) is 0 Å². The first-order valence-corrected chi connectivity index (χ1v) is 4.59. The van der Waals surface area contributed by atoms with E-state index in [2.05, 4.69) is 0 Å². The van der Waals surface area contributed by atoms with Gasteiger partial charge in [0.15, 0.2) is 0 Å². The molecule has 1 rings (SSSR count). The molecule has 0 radical (unpaired) electrons. The number of hydrogen-bond acceptors (Lipinski definition) is 4. The molecule has 0 amide bonds. The second-order valence-corrected chi connectivity index (χ2v) is 3.93. The molecule has 0 bridgehead atoms. The number of carboxylic acid groups (broad SMARTS) is 1. The Morgan fingerprint density at radius 1 is 1.44 bits per heavy atom. The van der Waals surface area contributed by atoms with Crippen LogP contribution in [-0.2, 0) is 4.79 Å². The average Bonchev–Trinajstić information content (AvgIpc) is 2.18. The molecule has 102 valence electrons. The van der Waals surface area contributed by atoms with Crippen LogP contribution in [0.1, 0.15) is 13.3 Å². The second kappa shape index (κ2) is 4.34. The maximum Gasteiger partial charge on any atom is 0.415 e. The zero-order valence-corrected chi connectivity index (χ0v) is 8.99. The maximum atomic E-state index is 13.2. The van der Waals surface area contributed by atoms with Crippen molar-refractivity contribution in [2.45, 2.75) is 25.1 Å². The molecule has 0 aromatic heterocycles. The van der Waals surface area contributed by atoms with Gasteiger partial charge in [-0.1, -0.05) is 5.23 Å². The number of alkyl halides is 3. The lowest BCUT2D eigenvalue weighted by atomic mass is 9.80. The maximum absolute atomic E-state index is 13.2. The molecule has 1 atom stereocenters. The zero-order valence-electron chi connectivity index (χ0n) is 8.99. The summed E-state index contributed by atoms with van der Waals surface area (Å²) in [6, 6.07) is 0. The minimum absolute atomic E-state index is 0.133. The van der Waals surface area contributed by atoms with Gasteiger partial charge in [0.1, 0.15) is 11.4 Å². The van der Waals surface area contributed by atoms with Crippen molar-refractivity contribution in [2.24, 2.45) is 0 Å². The summed E-state index contributed by atoms with van der Waals surface area (Å²) in [5, 5.41) is 25.9. The molecular formula is C9H9F4NO4. The van der Waals surface area contributed by atoms with Crippen LogP contribution in [0.15, 0.2) is 23.0 Å². The summed E-state index contributed by atoms with van der Waals surface area (Å²) >= 11 is 0. The minimum atomic E-state index is -5.03. The molecule has 0 spiro atoms. The van der Waals surface area contributed by atoms with E-state index in [-0.39, 0.29) is 6.08 Å². The highest BCUT2D eigenvalue weighted by molar-refractivity contribution is 5.90. The van der Waals surface area contributed by atoms with E-state index < -0.39 is 46.3 Å². The first kappa shape index (κ1) is 14.6. The van der Waals surface area contributed by atoms with Crippen molar-refractivity contribution in [2.75, 3.05) is 0 Å². The van der Waals surface area contributed by atoms with Gasteiger partial charge < -0.3 is 5.11 Å². The Hall–Kier alpha value is -1.45. The van der Waals surface area contributed by atoms with Gasteiger partial charge in [-0.15, -0.1) is 0 Å². The predicted octanol–water partition coefficient (Wildman–Crippen LogP) is 2.03. The van der Waals surface area contributed by atoms with Crippen LogP contribution in [0.4, 0.5) is 17.6 Å². The SMILES string of the molecule is CC1(N(O)O)CC(C(F)(F)F)=C(F)C=C1C(=O)O. The Kier molecular flexibility index (Phi) is 3.52. The standard InChI is InChI=1S/C9H9F4NO4/c1-8(14(17)18)3-5(9(11,12)13)6(10)2-4(8)7(15)16/h2,17-18H,3H2,1H3,(H,15,16). The van der Waals surface area contributed by atoms with E-state index in [9.17, 15) is 22.4 Å². The van der Waals surface area contributed by atoms with E-state index >= 15 is 0 Å². The van der Waals surface area contributed by atoms with Crippen LogP contribution < -0.4 is 0 Å². The molecule has 1 unspecified atom stereocenters. The Morgan fingerprint density at radius 3 is 2.28 bits per heavy atom. The van der Waals surface area contributed by atoms with Crippen molar-refractivity contribution >= 4 is 5.97 Å². The highest BCUT2D eigenvalue weighted by Crippen LogP contribution is 2.43. The van der Waals surface area contributed by atoms with Crippen LogP contribution in [0, 0.1) is 0 Å². The third kappa shape index (κ3) is 2.37. The van der Waals surface area contributed by atoms with Gasteiger partial charge in [0, 0.05) is 6.42 Å². The molecule has 0 saturated heterocycles. The number of aliphatic carboxylic acids is 1. The normalized spacial score (nSPS) is 25.4. The largest absolute Gasteiger partial charge is 0.478 e. The van der Waals surface area contributed by atoms with E-state index in [1.807, 2.05) is 0 Å². The number of halogens is 4. The number of carbonyl (C=O) groups is 1. The Bertz CT molecular complexity index is 440. The van der Waals surface area contributed by atoms with Gasteiger partial charge in [-0.3, -0.25) is 10.4 Å². The molecule has 0 aliphatic heterocycles. The predicted molar refractivity (Wildman–Crippen MR) is 48.3 cm³/mol. The van der Waals surface area contributed by atoms with E-state index in [0.717, 1.165) is 6.92 Å². The van der Waals surface area contributed by atoms with Crippen LogP contribution in [0.25, 0.3) is 0 Å². The Morgan fingerprint density at radius 2 is 1.94 bits per heavy atom. The zero-order chi connectivity index (χ0) is 14.3. The van der Waals surface area contributed by atoms with Gasteiger partial charge in [0.05, 0.1) is 11.1 Å². The summed E-state index contributed by atoms with van der Waals surface area (Å²) in [4.78, 5) is 10.8. The molecule has 3 N–H and O–H groups in total. The van der Waals surface area contributed by atoms with Crippen molar-refractivity contribution in [3.05, 3.63) is 23.0 Å². The average molecular weight is 271 g/mol. The van der Waals surface area contributed by atoms with Crippen LogP contribution in [0.5, 0.6) is 0 Å². The van der Waals surface area contributed by atoms with E-state index in [4.69, 9.17) is 15.5 Å². The van der Waals surface area contributed by atoms with E-state index in [1.54, 1.807) is 0 Å². The summed E-state index contributed by atoms with van der Waals surface area (Å²) in [7, 11) is 0. The first-order chi connectivity index (χ1) is 8.00. The number of hydroxylamine groups is 2. The lowest BCUT2D eigenvalue weighted by Gasteiger charge is -2.36. The molecule has 0 heterocycles. The van der Waals surface area contributed by atoms with Gasteiger partial charge in [-0.2, -0.15) is 13.2 Å². The van der Waals surface area contributed by atoms with E-state index in [0.29, 0.717) is 0 Å².